The summed E-state index contributed by atoms with van der Waals surface area (Å²) in [6.07, 6.45) is 2.58. The molecule has 0 bridgehead atoms. The molecule has 6 heteroatoms. The Kier molecular flexibility index (Phi) is 6.17. The molecule has 23 heavy (non-hydrogen) atoms. The average Bonchev–Trinajstić information content (AvgIpc) is 2.54. The molecule has 0 saturated carbocycles. The fourth-order valence-corrected chi connectivity index (χ4v) is 4.07. The number of nitrogens with one attached hydrogen (secondary N) is 1. The third-order valence-corrected chi connectivity index (χ3v) is 5.89. The average molecular weight is 335 g/mol. The van der Waals surface area contributed by atoms with Gasteiger partial charge in [-0.05, 0) is 51.3 Å². The molecule has 1 N–H and O–H groups in total. The number of nitriles is 1. The van der Waals surface area contributed by atoms with E-state index in [0.29, 0.717) is 23.8 Å². The van der Waals surface area contributed by atoms with Gasteiger partial charge < -0.3 is 0 Å². The second kappa shape index (κ2) is 7.91. The Morgan fingerprint density at radius 1 is 1.39 bits per heavy atom. The molecule has 1 aliphatic rings. The molecule has 1 saturated heterocycles. The van der Waals surface area contributed by atoms with E-state index in [0.717, 1.165) is 31.5 Å². The molecule has 1 aromatic rings. The van der Waals surface area contributed by atoms with Crippen LogP contribution >= 0.6 is 0 Å². The summed E-state index contributed by atoms with van der Waals surface area (Å²) in [4.78, 5) is 2.60. The molecular weight excluding hydrogens is 310 g/mol. The number of aryl methyl sites for hydroxylation is 1. The molecule has 0 radical (unpaired) electrons. The fourth-order valence-electron chi connectivity index (χ4n) is 2.95. The van der Waals surface area contributed by atoms with Crippen molar-refractivity contribution in [3.8, 4) is 6.07 Å². The van der Waals surface area contributed by atoms with Crippen LogP contribution in [0.25, 0.3) is 0 Å². The first-order chi connectivity index (χ1) is 10.9. The highest BCUT2D eigenvalue weighted by molar-refractivity contribution is 7.89. The zero-order valence-electron chi connectivity index (χ0n) is 13.8. The van der Waals surface area contributed by atoms with Gasteiger partial charge in [-0.25, -0.2) is 13.1 Å². The Morgan fingerprint density at radius 3 is 2.74 bits per heavy atom. The monoisotopic (exact) mass is 335 g/mol. The molecule has 2 atom stereocenters. The van der Waals surface area contributed by atoms with Crippen LogP contribution in [0.3, 0.4) is 0 Å². The number of hydrogen-bond acceptors (Lipinski definition) is 4. The summed E-state index contributed by atoms with van der Waals surface area (Å²) < 4.78 is 27.4. The minimum absolute atomic E-state index is 0.233. The lowest BCUT2D eigenvalue weighted by Gasteiger charge is -2.36. The van der Waals surface area contributed by atoms with E-state index < -0.39 is 10.0 Å². The van der Waals surface area contributed by atoms with E-state index in [1.54, 1.807) is 24.3 Å². The molecule has 0 spiro atoms. The van der Waals surface area contributed by atoms with Crippen molar-refractivity contribution in [1.82, 2.24) is 9.62 Å². The minimum Gasteiger partial charge on any atom is -0.299 e. The van der Waals surface area contributed by atoms with Crippen molar-refractivity contribution in [2.75, 3.05) is 19.6 Å². The van der Waals surface area contributed by atoms with Gasteiger partial charge in [-0.3, -0.25) is 4.90 Å². The Labute approximate surface area is 139 Å². The Morgan fingerprint density at radius 2 is 2.09 bits per heavy atom. The van der Waals surface area contributed by atoms with Gasteiger partial charge in [-0.2, -0.15) is 5.26 Å². The fraction of sp³-hybridized carbons (Fsp3) is 0.588. The predicted molar refractivity (Wildman–Crippen MR) is 90.4 cm³/mol. The molecule has 1 fully saturated rings. The highest BCUT2D eigenvalue weighted by atomic mass is 32.2. The maximum Gasteiger partial charge on any atom is 0.240 e. The van der Waals surface area contributed by atoms with Gasteiger partial charge in [0, 0.05) is 19.1 Å². The van der Waals surface area contributed by atoms with Crippen molar-refractivity contribution in [2.24, 2.45) is 5.92 Å². The van der Waals surface area contributed by atoms with Crippen LogP contribution in [0.5, 0.6) is 0 Å². The summed E-state index contributed by atoms with van der Waals surface area (Å²) >= 11 is 0. The lowest BCUT2D eigenvalue weighted by Crippen LogP contribution is -2.44. The van der Waals surface area contributed by atoms with Crippen LogP contribution in [-0.2, 0) is 10.0 Å². The van der Waals surface area contributed by atoms with Gasteiger partial charge in [0.15, 0.2) is 0 Å². The van der Waals surface area contributed by atoms with Crippen LogP contribution in [-0.4, -0.2) is 39.0 Å². The maximum atomic E-state index is 12.3. The van der Waals surface area contributed by atoms with Crippen LogP contribution in [0.1, 0.15) is 31.7 Å². The van der Waals surface area contributed by atoms with E-state index in [1.807, 2.05) is 6.92 Å². The van der Waals surface area contributed by atoms with Crippen LogP contribution < -0.4 is 4.72 Å². The number of hydrogen-bond donors (Lipinski definition) is 1. The number of benzene rings is 1. The van der Waals surface area contributed by atoms with E-state index in [2.05, 4.69) is 22.6 Å². The zero-order chi connectivity index (χ0) is 16.9. The largest absolute Gasteiger partial charge is 0.299 e. The lowest BCUT2D eigenvalue weighted by atomic mass is 9.97. The number of sulfonamides is 1. The van der Waals surface area contributed by atoms with Crippen molar-refractivity contribution in [1.29, 1.82) is 5.26 Å². The Bertz CT molecular complexity index is 649. The Balaban J connectivity index is 1.92. The third kappa shape index (κ3) is 5.03. The number of rotatable bonds is 6. The van der Waals surface area contributed by atoms with Crippen LogP contribution in [0.15, 0.2) is 29.2 Å². The molecule has 126 valence electrons. The third-order valence-electron chi connectivity index (χ3n) is 4.45. The minimum atomic E-state index is -3.45. The van der Waals surface area contributed by atoms with Crippen molar-refractivity contribution in [3.05, 3.63) is 29.8 Å². The van der Waals surface area contributed by atoms with E-state index in [4.69, 9.17) is 5.26 Å². The number of likely N-dealkylation sites (tertiary alicyclic amines) is 1. The van der Waals surface area contributed by atoms with E-state index in [9.17, 15) is 8.42 Å². The predicted octanol–water partition coefficient (Wildman–Crippen LogP) is 2.29. The number of piperidine rings is 1. The first kappa shape index (κ1) is 17.9. The second-order valence-electron chi connectivity index (χ2n) is 6.38. The van der Waals surface area contributed by atoms with Gasteiger partial charge in [0.25, 0.3) is 0 Å². The molecule has 1 aromatic carbocycles. The number of nitrogens with zero attached hydrogens (tertiary/aromatic N) is 2. The highest BCUT2D eigenvalue weighted by Crippen LogP contribution is 2.20. The second-order valence-corrected chi connectivity index (χ2v) is 8.15. The molecule has 2 unspecified atom stereocenters. The van der Waals surface area contributed by atoms with Crippen LogP contribution in [0, 0.1) is 24.2 Å². The summed E-state index contributed by atoms with van der Waals surface area (Å²) in [5, 5.41) is 8.82. The van der Waals surface area contributed by atoms with E-state index >= 15 is 0 Å². The lowest BCUT2D eigenvalue weighted by molar-refractivity contribution is 0.134. The molecule has 0 aromatic heterocycles. The van der Waals surface area contributed by atoms with Crippen LogP contribution in [0.2, 0.25) is 0 Å². The summed E-state index contributed by atoms with van der Waals surface area (Å²) in [7, 11) is -3.45. The van der Waals surface area contributed by atoms with Crippen molar-refractivity contribution < 1.29 is 8.42 Å². The van der Waals surface area contributed by atoms with Gasteiger partial charge in [-0.15, -0.1) is 0 Å². The summed E-state index contributed by atoms with van der Waals surface area (Å²) in [6, 6.07) is 9.33. The molecule has 1 aliphatic heterocycles. The zero-order valence-corrected chi connectivity index (χ0v) is 14.6. The first-order valence-corrected chi connectivity index (χ1v) is 9.58. The van der Waals surface area contributed by atoms with Gasteiger partial charge in [0.05, 0.1) is 17.4 Å². The Hall–Kier alpha value is -1.42. The molecule has 1 heterocycles. The van der Waals surface area contributed by atoms with Gasteiger partial charge in [-0.1, -0.05) is 17.7 Å². The SMILES string of the molecule is Cc1ccc(S(=O)(=O)NCC2CCCN(C(C)CC#N)C2)cc1. The summed E-state index contributed by atoms with van der Waals surface area (Å²) in [6.45, 7) is 6.28. The highest BCUT2D eigenvalue weighted by Gasteiger charge is 2.25. The summed E-state index contributed by atoms with van der Waals surface area (Å²) in [5.41, 5.74) is 1.04. The molecule has 0 aliphatic carbocycles. The van der Waals surface area contributed by atoms with Gasteiger partial charge in [0.2, 0.25) is 10.0 Å². The van der Waals surface area contributed by atoms with Crippen molar-refractivity contribution in [3.63, 3.8) is 0 Å². The van der Waals surface area contributed by atoms with Crippen molar-refractivity contribution in [2.45, 2.75) is 44.0 Å². The molecular formula is C17H25N3O2S. The quantitative estimate of drug-likeness (QED) is 0.865. The summed E-state index contributed by atoms with van der Waals surface area (Å²) in [5.74, 6) is 0.296. The van der Waals surface area contributed by atoms with Crippen molar-refractivity contribution >= 4 is 10.0 Å². The standard InChI is InChI=1S/C17H25N3O2S/c1-14-5-7-17(8-6-14)23(21,22)19-12-16-4-3-11-20(13-16)15(2)9-10-18/h5-8,15-16,19H,3-4,9,11-13H2,1-2H3. The smallest absolute Gasteiger partial charge is 0.240 e. The molecule has 5 nitrogen and oxygen atoms in total. The van der Waals surface area contributed by atoms with Crippen LogP contribution in [0.4, 0.5) is 0 Å². The van der Waals surface area contributed by atoms with Gasteiger partial charge in [0.1, 0.15) is 0 Å². The van der Waals surface area contributed by atoms with Gasteiger partial charge >= 0.3 is 0 Å². The molecule has 2 rings (SSSR count). The van der Waals surface area contributed by atoms with E-state index in [-0.39, 0.29) is 6.04 Å². The normalized spacial score (nSPS) is 20.8. The molecule has 0 amide bonds. The van der Waals surface area contributed by atoms with E-state index in [1.165, 1.54) is 0 Å². The first-order valence-electron chi connectivity index (χ1n) is 8.09. The topological polar surface area (TPSA) is 73.2 Å². The maximum absolute atomic E-state index is 12.3.